The molecule has 0 amide bonds. The Hall–Kier alpha value is -2.12. The zero-order valence-corrected chi connectivity index (χ0v) is 10.8. The van der Waals surface area contributed by atoms with Crippen molar-refractivity contribution in [3.8, 4) is 17.0 Å². The van der Waals surface area contributed by atoms with Crippen molar-refractivity contribution in [2.75, 3.05) is 0 Å². The van der Waals surface area contributed by atoms with Crippen LogP contribution in [0.15, 0.2) is 46.1 Å². The van der Waals surface area contributed by atoms with Gasteiger partial charge in [0.1, 0.15) is 0 Å². The summed E-state index contributed by atoms with van der Waals surface area (Å²) in [5, 5.41) is 9.78. The molecule has 0 unspecified atom stereocenters. The molecule has 0 spiro atoms. The van der Waals surface area contributed by atoms with Crippen molar-refractivity contribution in [1.29, 1.82) is 0 Å². The highest BCUT2D eigenvalue weighted by Crippen LogP contribution is 2.31. The quantitative estimate of drug-likeness (QED) is 0.801. The van der Waals surface area contributed by atoms with Gasteiger partial charge in [0.2, 0.25) is 5.88 Å². The van der Waals surface area contributed by atoms with E-state index >= 15 is 0 Å². The summed E-state index contributed by atoms with van der Waals surface area (Å²) < 4.78 is 32.8. The van der Waals surface area contributed by atoms with Crippen molar-refractivity contribution in [2.45, 2.75) is 4.90 Å². The van der Waals surface area contributed by atoms with Gasteiger partial charge in [-0.1, -0.05) is 30.3 Å². The number of hydrogen-bond donors (Lipinski definition) is 2. The topological polar surface area (TPSA) is 96.6 Å². The van der Waals surface area contributed by atoms with E-state index in [0.29, 0.717) is 5.56 Å². The van der Waals surface area contributed by atoms with E-state index in [9.17, 15) is 22.9 Å². The molecule has 6 nitrogen and oxygen atoms in total. The van der Waals surface area contributed by atoms with Gasteiger partial charge >= 0.3 is 0 Å². The first-order chi connectivity index (χ1) is 8.82. The summed E-state index contributed by atoms with van der Waals surface area (Å²) in [4.78, 5) is 11.0. The Kier molecular flexibility index (Phi) is 3.17. The summed E-state index contributed by atoms with van der Waals surface area (Å²) in [6.07, 6.45) is 0. The molecule has 0 aliphatic heterocycles. The van der Waals surface area contributed by atoms with Crippen molar-refractivity contribution in [1.82, 2.24) is 4.57 Å². The summed E-state index contributed by atoms with van der Waals surface area (Å²) >= 11 is 0. The Morgan fingerprint density at radius 2 is 1.74 bits per heavy atom. The second-order valence-electron chi connectivity index (χ2n) is 3.95. The van der Waals surface area contributed by atoms with E-state index in [2.05, 4.69) is 0 Å². The van der Waals surface area contributed by atoms with Gasteiger partial charge in [-0.15, -0.1) is 0 Å². The third-order valence-electron chi connectivity index (χ3n) is 2.71. The molecule has 1 heterocycles. The molecule has 1 aromatic heterocycles. The fourth-order valence-electron chi connectivity index (χ4n) is 1.75. The van der Waals surface area contributed by atoms with Crippen LogP contribution in [0.4, 0.5) is 0 Å². The molecule has 2 aromatic rings. The van der Waals surface area contributed by atoms with Crippen LogP contribution >= 0.6 is 0 Å². The van der Waals surface area contributed by atoms with E-state index in [-0.39, 0.29) is 5.56 Å². The van der Waals surface area contributed by atoms with Gasteiger partial charge in [-0.2, -0.15) is 8.42 Å². The van der Waals surface area contributed by atoms with Gasteiger partial charge in [-0.05, 0) is 5.56 Å². The highest BCUT2D eigenvalue weighted by Gasteiger charge is 2.24. The molecule has 0 aliphatic carbocycles. The van der Waals surface area contributed by atoms with Crippen LogP contribution in [0, 0.1) is 0 Å². The molecule has 2 rings (SSSR count). The maximum atomic E-state index is 11.6. The van der Waals surface area contributed by atoms with Crippen molar-refractivity contribution in [3.63, 3.8) is 0 Å². The van der Waals surface area contributed by atoms with Crippen LogP contribution in [0.25, 0.3) is 11.1 Å². The summed E-state index contributed by atoms with van der Waals surface area (Å²) in [6, 6.07) is 9.22. The molecular formula is C12H11NO5S. The number of aromatic hydroxyl groups is 1. The second kappa shape index (κ2) is 4.52. The number of nitrogens with zero attached hydrogens (tertiary/aromatic N) is 1. The number of benzene rings is 1. The summed E-state index contributed by atoms with van der Waals surface area (Å²) in [5.41, 5.74) is -0.212. The van der Waals surface area contributed by atoms with Crippen molar-refractivity contribution in [2.24, 2.45) is 7.05 Å². The lowest BCUT2D eigenvalue weighted by molar-refractivity contribution is 0.400. The molecule has 0 bridgehead atoms. The summed E-state index contributed by atoms with van der Waals surface area (Å²) in [6.45, 7) is 0. The van der Waals surface area contributed by atoms with E-state index < -0.39 is 26.5 Å². The Morgan fingerprint density at radius 3 is 2.26 bits per heavy atom. The van der Waals surface area contributed by atoms with Crippen LogP contribution in [0.2, 0.25) is 0 Å². The third kappa shape index (κ3) is 2.38. The van der Waals surface area contributed by atoms with Crippen LogP contribution in [0.1, 0.15) is 0 Å². The highest BCUT2D eigenvalue weighted by atomic mass is 32.2. The normalized spacial score (nSPS) is 11.5. The Bertz CT molecular complexity index is 778. The number of pyridine rings is 1. The largest absolute Gasteiger partial charge is 0.493 e. The lowest BCUT2D eigenvalue weighted by Gasteiger charge is -2.11. The Balaban J connectivity index is 2.93. The van der Waals surface area contributed by atoms with Crippen LogP contribution in [0.3, 0.4) is 0 Å². The standard InChI is InChI=1S/C12H11NO5S/c1-13-10(14)7-9(8-5-3-2-4-6-8)11(12(13)15)19(16,17)18/h2-7,15H,1H3,(H,16,17,18). The minimum absolute atomic E-state index is 0.0382. The average Bonchev–Trinajstić information content (AvgIpc) is 2.35. The molecule has 0 fully saturated rings. The molecule has 0 aliphatic rings. The van der Waals surface area contributed by atoms with Crippen LogP contribution in [-0.4, -0.2) is 22.6 Å². The molecule has 0 saturated carbocycles. The first-order valence-electron chi connectivity index (χ1n) is 5.28. The molecule has 2 N–H and O–H groups in total. The predicted molar refractivity (Wildman–Crippen MR) is 68.6 cm³/mol. The lowest BCUT2D eigenvalue weighted by Crippen LogP contribution is -2.19. The van der Waals surface area contributed by atoms with E-state index in [1.807, 2.05) is 0 Å². The van der Waals surface area contributed by atoms with Crippen LogP contribution < -0.4 is 5.56 Å². The molecule has 100 valence electrons. The molecule has 1 aromatic carbocycles. The van der Waals surface area contributed by atoms with Gasteiger partial charge in [0.15, 0.2) is 4.90 Å². The summed E-state index contributed by atoms with van der Waals surface area (Å²) in [5.74, 6) is -0.797. The van der Waals surface area contributed by atoms with Gasteiger partial charge in [0.25, 0.3) is 15.7 Å². The Labute approximate surface area is 109 Å². The van der Waals surface area contributed by atoms with E-state index in [4.69, 9.17) is 0 Å². The fraction of sp³-hybridized carbons (Fsp3) is 0.0833. The first kappa shape index (κ1) is 13.3. The molecule has 0 radical (unpaired) electrons. The molecule has 7 heteroatoms. The highest BCUT2D eigenvalue weighted by molar-refractivity contribution is 7.86. The minimum atomic E-state index is -4.66. The van der Waals surface area contributed by atoms with E-state index in [1.165, 1.54) is 7.05 Å². The minimum Gasteiger partial charge on any atom is -0.493 e. The summed E-state index contributed by atoms with van der Waals surface area (Å²) in [7, 11) is -3.45. The van der Waals surface area contributed by atoms with Crippen molar-refractivity contribution in [3.05, 3.63) is 46.8 Å². The average molecular weight is 281 g/mol. The first-order valence-corrected chi connectivity index (χ1v) is 6.72. The predicted octanol–water partition coefficient (Wildman–Crippen LogP) is 1.00. The van der Waals surface area contributed by atoms with E-state index in [1.54, 1.807) is 30.3 Å². The molecular weight excluding hydrogens is 270 g/mol. The van der Waals surface area contributed by atoms with Crippen LogP contribution in [-0.2, 0) is 17.2 Å². The third-order valence-corrected chi connectivity index (χ3v) is 3.62. The van der Waals surface area contributed by atoms with Gasteiger partial charge in [-0.3, -0.25) is 13.9 Å². The monoisotopic (exact) mass is 281 g/mol. The Morgan fingerprint density at radius 1 is 1.16 bits per heavy atom. The maximum absolute atomic E-state index is 11.6. The van der Waals surface area contributed by atoms with Gasteiger partial charge in [0.05, 0.1) is 0 Å². The zero-order chi connectivity index (χ0) is 14.2. The fourth-order valence-corrected chi connectivity index (χ4v) is 2.57. The second-order valence-corrected chi connectivity index (χ2v) is 5.31. The number of rotatable bonds is 2. The molecule has 0 saturated heterocycles. The SMILES string of the molecule is Cn1c(O)c(S(=O)(=O)O)c(-c2ccccc2)cc1=O. The number of hydrogen-bond acceptors (Lipinski definition) is 4. The molecule has 19 heavy (non-hydrogen) atoms. The number of aromatic nitrogens is 1. The van der Waals surface area contributed by atoms with Gasteiger partial charge < -0.3 is 5.11 Å². The van der Waals surface area contributed by atoms with Gasteiger partial charge in [-0.25, -0.2) is 0 Å². The van der Waals surface area contributed by atoms with Crippen molar-refractivity contribution >= 4 is 10.1 Å². The smallest absolute Gasteiger partial charge is 0.300 e. The van der Waals surface area contributed by atoms with Crippen molar-refractivity contribution < 1.29 is 18.1 Å². The van der Waals surface area contributed by atoms with Gasteiger partial charge in [0, 0.05) is 18.7 Å². The van der Waals surface area contributed by atoms with E-state index in [0.717, 1.165) is 10.6 Å². The molecule has 0 atom stereocenters. The lowest BCUT2D eigenvalue weighted by atomic mass is 10.1. The maximum Gasteiger partial charge on any atom is 0.300 e. The van der Waals surface area contributed by atoms with Crippen LogP contribution in [0.5, 0.6) is 5.88 Å². The zero-order valence-electron chi connectivity index (χ0n) is 9.94.